The number of rotatable bonds is 6. The summed E-state index contributed by atoms with van der Waals surface area (Å²) in [5.74, 6) is 0. The van der Waals surface area contributed by atoms with Gasteiger partial charge in [0.15, 0.2) is 0 Å². The molecule has 0 saturated heterocycles. The Morgan fingerprint density at radius 1 is 1.25 bits per heavy atom. The van der Waals surface area contributed by atoms with Crippen molar-refractivity contribution in [3.8, 4) is 0 Å². The molecule has 16 heavy (non-hydrogen) atoms. The van der Waals surface area contributed by atoms with Gasteiger partial charge in [-0.3, -0.25) is 0 Å². The minimum absolute atomic E-state index is 0.0115. The monoisotopic (exact) mass is 247 g/mol. The van der Waals surface area contributed by atoms with E-state index in [2.05, 4.69) is 11.6 Å². The molecule has 4 heteroatoms. The summed E-state index contributed by atoms with van der Waals surface area (Å²) >= 11 is 1.90. The molecule has 1 fully saturated rings. The largest absolute Gasteiger partial charge is 0.394 e. The van der Waals surface area contributed by atoms with Gasteiger partial charge in [-0.2, -0.15) is 11.8 Å². The standard InChI is InChI=1S/C12H25NO2S/c1-3-12(8-14,9-15)13-10-6-4-5-7-11(10)16-2/h10-11,13-15H,3-9H2,1-2H3. The third-order valence-corrected chi connectivity index (χ3v) is 4.95. The molecule has 1 aliphatic rings. The lowest BCUT2D eigenvalue weighted by Crippen LogP contribution is -2.58. The Morgan fingerprint density at radius 2 is 1.88 bits per heavy atom. The molecule has 3 nitrogen and oxygen atoms in total. The number of hydrogen-bond donors (Lipinski definition) is 3. The normalized spacial score (nSPS) is 27.0. The maximum absolute atomic E-state index is 9.44. The molecule has 0 amide bonds. The third-order valence-electron chi connectivity index (χ3n) is 3.78. The molecule has 0 aromatic rings. The van der Waals surface area contributed by atoms with Crippen molar-refractivity contribution in [2.75, 3.05) is 19.5 Å². The van der Waals surface area contributed by atoms with Crippen LogP contribution in [0.25, 0.3) is 0 Å². The maximum Gasteiger partial charge on any atom is 0.0648 e. The topological polar surface area (TPSA) is 52.5 Å². The molecule has 0 aromatic carbocycles. The predicted octanol–water partition coefficient (Wildman–Crippen LogP) is 1.38. The van der Waals surface area contributed by atoms with Gasteiger partial charge in [-0.05, 0) is 25.5 Å². The van der Waals surface area contributed by atoms with E-state index in [1.165, 1.54) is 19.3 Å². The van der Waals surface area contributed by atoms with Crippen molar-refractivity contribution in [2.24, 2.45) is 0 Å². The molecule has 3 N–H and O–H groups in total. The molecule has 0 heterocycles. The highest BCUT2D eigenvalue weighted by atomic mass is 32.2. The second-order valence-electron chi connectivity index (χ2n) is 4.76. The first-order chi connectivity index (χ1) is 7.71. The molecule has 0 aromatic heterocycles. The quantitative estimate of drug-likeness (QED) is 0.664. The van der Waals surface area contributed by atoms with Crippen LogP contribution in [0.4, 0.5) is 0 Å². The fourth-order valence-corrected chi connectivity index (χ4v) is 3.34. The van der Waals surface area contributed by atoms with Crippen molar-refractivity contribution < 1.29 is 10.2 Å². The van der Waals surface area contributed by atoms with Gasteiger partial charge < -0.3 is 15.5 Å². The number of aliphatic hydroxyl groups is 2. The van der Waals surface area contributed by atoms with Crippen molar-refractivity contribution >= 4 is 11.8 Å². The molecule has 1 aliphatic carbocycles. The number of thioether (sulfide) groups is 1. The molecule has 0 spiro atoms. The average Bonchev–Trinajstić information content (AvgIpc) is 2.36. The van der Waals surface area contributed by atoms with Gasteiger partial charge in [0.25, 0.3) is 0 Å². The molecule has 2 unspecified atom stereocenters. The molecule has 96 valence electrons. The zero-order valence-corrected chi connectivity index (χ0v) is 11.2. The first kappa shape index (κ1) is 14.3. The van der Waals surface area contributed by atoms with Crippen LogP contribution in [0, 0.1) is 0 Å². The van der Waals surface area contributed by atoms with Crippen LogP contribution < -0.4 is 5.32 Å². The van der Waals surface area contributed by atoms with Crippen LogP contribution in [0.5, 0.6) is 0 Å². The number of hydrogen-bond acceptors (Lipinski definition) is 4. The van der Waals surface area contributed by atoms with E-state index in [0.717, 1.165) is 12.8 Å². The molecule has 1 rings (SSSR count). The highest BCUT2D eigenvalue weighted by Gasteiger charge is 2.33. The lowest BCUT2D eigenvalue weighted by Gasteiger charge is -2.39. The van der Waals surface area contributed by atoms with Crippen molar-refractivity contribution in [3.05, 3.63) is 0 Å². The summed E-state index contributed by atoms with van der Waals surface area (Å²) in [6, 6.07) is 0.433. The van der Waals surface area contributed by atoms with Gasteiger partial charge in [0.1, 0.15) is 0 Å². The summed E-state index contributed by atoms with van der Waals surface area (Å²) in [6.45, 7) is 2.03. The molecule has 0 bridgehead atoms. The van der Waals surface area contributed by atoms with Gasteiger partial charge in [0.05, 0.1) is 18.8 Å². The maximum atomic E-state index is 9.44. The van der Waals surface area contributed by atoms with Crippen LogP contribution in [-0.4, -0.2) is 46.5 Å². The van der Waals surface area contributed by atoms with E-state index in [9.17, 15) is 10.2 Å². The van der Waals surface area contributed by atoms with Crippen LogP contribution in [-0.2, 0) is 0 Å². The van der Waals surface area contributed by atoms with E-state index >= 15 is 0 Å². The van der Waals surface area contributed by atoms with Gasteiger partial charge in [-0.15, -0.1) is 0 Å². The van der Waals surface area contributed by atoms with E-state index < -0.39 is 5.54 Å². The Kier molecular flexibility index (Phi) is 6.11. The van der Waals surface area contributed by atoms with Crippen molar-refractivity contribution in [2.45, 2.75) is 55.9 Å². The van der Waals surface area contributed by atoms with E-state index in [-0.39, 0.29) is 13.2 Å². The van der Waals surface area contributed by atoms with Crippen LogP contribution >= 0.6 is 11.8 Å². The SMILES string of the molecule is CCC(CO)(CO)NC1CCCCC1SC. The van der Waals surface area contributed by atoms with Crippen LogP contribution in [0.15, 0.2) is 0 Å². The molecular formula is C12H25NO2S. The fraction of sp³-hybridized carbons (Fsp3) is 1.00. The van der Waals surface area contributed by atoms with E-state index in [1.807, 2.05) is 18.7 Å². The lowest BCUT2D eigenvalue weighted by atomic mass is 9.90. The first-order valence-electron chi connectivity index (χ1n) is 6.23. The van der Waals surface area contributed by atoms with Crippen molar-refractivity contribution in [1.82, 2.24) is 5.32 Å². The Bertz CT molecular complexity index is 189. The van der Waals surface area contributed by atoms with Crippen LogP contribution in [0.3, 0.4) is 0 Å². The molecular weight excluding hydrogens is 222 g/mol. The van der Waals surface area contributed by atoms with Crippen molar-refractivity contribution in [1.29, 1.82) is 0 Å². The number of aliphatic hydroxyl groups excluding tert-OH is 2. The molecule has 0 aliphatic heterocycles. The Hall–Kier alpha value is 0.230. The third kappa shape index (κ3) is 3.36. The molecule has 1 saturated carbocycles. The second kappa shape index (κ2) is 6.84. The zero-order valence-electron chi connectivity index (χ0n) is 10.4. The second-order valence-corrected chi connectivity index (χ2v) is 5.84. The Balaban J connectivity index is 2.61. The predicted molar refractivity (Wildman–Crippen MR) is 69.9 cm³/mol. The minimum atomic E-state index is -0.490. The highest BCUT2D eigenvalue weighted by Crippen LogP contribution is 2.28. The summed E-state index contributed by atoms with van der Waals surface area (Å²) < 4.78 is 0. The zero-order chi connectivity index (χ0) is 12.0. The number of nitrogens with one attached hydrogen (secondary N) is 1. The van der Waals surface area contributed by atoms with E-state index in [1.54, 1.807) is 0 Å². The van der Waals surface area contributed by atoms with Crippen LogP contribution in [0.1, 0.15) is 39.0 Å². The fourth-order valence-electron chi connectivity index (χ4n) is 2.40. The molecule has 0 radical (unpaired) electrons. The Labute approximate surface area is 103 Å². The van der Waals surface area contributed by atoms with E-state index in [4.69, 9.17) is 0 Å². The van der Waals surface area contributed by atoms with Crippen LogP contribution in [0.2, 0.25) is 0 Å². The first-order valence-corrected chi connectivity index (χ1v) is 7.52. The summed E-state index contributed by atoms with van der Waals surface area (Å²) in [4.78, 5) is 0. The minimum Gasteiger partial charge on any atom is -0.394 e. The summed E-state index contributed by atoms with van der Waals surface area (Å²) in [5.41, 5.74) is -0.490. The summed E-state index contributed by atoms with van der Waals surface area (Å²) in [6.07, 6.45) is 7.88. The van der Waals surface area contributed by atoms with Gasteiger partial charge in [-0.1, -0.05) is 19.8 Å². The van der Waals surface area contributed by atoms with Gasteiger partial charge in [0.2, 0.25) is 0 Å². The smallest absolute Gasteiger partial charge is 0.0648 e. The van der Waals surface area contributed by atoms with Gasteiger partial charge in [0, 0.05) is 11.3 Å². The Morgan fingerprint density at radius 3 is 2.38 bits per heavy atom. The summed E-state index contributed by atoms with van der Waals surface area (Å²) in [7, 11) is 0. The lowest BCUT2D eigenvalue weighted by molar-refractivity contribution is 0.0734. The van der Waals surface area contributed by atoms with Gasteiger partial charge >= 0.3 is 0 Å². The van der Waals surface area contributed by atoms with Gasteiger partial charge in [-0.25, -0.2) is 0 Å². The van der Waals surface area contributed by atoms with E-state index in [0.29, 0.717) is 11.3 Å². The highest BCUT2D eigenvalue weighted by molar-refractivity contribution is 7.99. The molecule has 2 atom stereocenters. The summed E-state index contributed by atoms with van der Waals surface area (Å²) in [5, 5.41) is 23.0. The average molecular weight is 247 g/mol. The van der Waals surface area contributed by atoms with Crippen molar-refractivity contribution in [3.63, 3.8) is 0 Å².